The van der Waals surface area contributed by atoms with Crippen LogP contribution in [0.1, 0.15) is 32.6 Å². The number of nitrogens with zero attached hydrogens (tertiary/aromatic N) is 2. The molecule has 0 N–H and O–H groups in total. The van der Waals surface area contributed by atoms with Crippen LogP contribution >= 0.6 is 7.29 Å². The lowest BCUT2D eigenvalue weighted by atomic mass is 10.2. The molecular formula is C22H31N2OP. The predicted octanol–water partition coefficient (Wildman–Crippen LogP) is 4.11. The summed E-state index contributed by atoms with van der Waals surface area (Å²) >= 11 is 0. The zero-order valence-electron chi connectivity index (χ0n) is 15.9. The maximum atomic E-state index is 14.3. The van der Waals surface area contributed by atoms with Crippen molar-refractivity contribution >= 4 is 17.9 Å². The van der Waals surface area contributed by atoms with Crippen molar-refractivity contribution in [1.29, 1.82) is 0 Å². The topological polar surface area (TPSA) is 23.6 Å². The molecule has 2 aromatic carbocycles. The molecule has 3 nitrogen and oxygen atoms in total. The molecule has 0 aliphatic carbocycles. The minimum Gasteiger partial charge on any atom is -0.301 e. The van der Waals surface area contributed by atoms with E-state index >= 15 is 0 Å². The van der Waals surface area contributed by atoms with Crippen molar-refractivity contribution in [3.8, 4) is 0 Å². The molecule has 0 bridgehead atoms. The quantitative estimate of drug-likeness (QED) is 0.516. The molecule has 26 heavy (non-hydrogen) atoms. The molecule has 0 atom stereocenters. The van der Waals surface area contributed by atoms with Gasteiger partial charge in [-0.25, -0.2) is 4.67 Å². The van der Waals surface area contributed by atoms with Gasteiger partial charge in [-0.1, -0.05) is 62.6 Å². The van der Waals surface area contributed by atoms with Crippen molar-refractivity contribution in [1.82, 2.24) is 9.57 Å². The zero-order valence-corrected chi connectivity index (χ0v) is 16.8. The van der Waals surface area contributed by atoms with Crippen molar-refractivity contribution in [3.63, 3.8) is 0 Å². The van der Waals surface area contributed by atoms with Crippen LogP contribution in [-0.4, -0.2) is 42.3 Å². The van der Waals surface area contributed by atoms with Gasteiger partial charge < -0.3 is 4.90 Å². The summed E-state index contributed by atoms with van der Waals surface area (Å²) in [7, 11) is -2.76. The monoisotopic (exact) mass is 370 g/mol. The largest absolute Gasteiger partial charge is 0.301 e. The lowest BCUT2D eigenvalue weighted by Crippen LogP contribution is -2.47. The lowest BCUT2D eigenvalue weighted by Gasteiger charge is -2.39. The first-order valence-corrected chi connectivity index (χ1v) is 11.6. The number of rotatable bonds is 8. The fourth-order valence-electron chi connectivity index (χ4n) is 3.74. The molecule has 0 saturated carbocycles. The van der Waals surface area contributed by atoms with Gasteiger partial charge in [-0.05, 0) is 37.2 Å². The van der Waals surface area contributed by atoms with Gasteiger partial charge in [0.2, 0.25) is 7.29 Å². The Morgan fingerprint density at radius 3 is 1.81 bits per heavy atom. The van der Waals surface area contributed by atoms with E-state index in [1.165, 1.54) is 32.2 Å². The molecule has 3 rings (SSSR count). The van der Waals surface area contributed by atoms with Gasteiger partial charge in [0.1, 0.15) is 0 Å². The van der Waals surface area contributed by atoms with Gasteiger partial charge in [0.15, 0.2) is 0 Å². The highest BCUT2D eigenvalue weighted by atomic mass is 31.2. The second-order valence-electron chi connectivity index (χ2n) is 7.10. The van der Waals surface area contributed by atoms with Crippen molar-refractivity contribution in [2.75, 3.05) is 32.7 Å². The highest BCUT2D eigenvalue weighted by molar-refractivity contribution is 7.76. The van der Waals surface area contributed by atoms with Crippen LogP contribution in [0.15, 0.2) is 60.7 Å². The first kappa shape index (κ1) is 19.4. The summed E-state index contributed by atoms with van der Waals surface area (Å²) in [6, 6.07) is 20.0. The molecule has 0 amide bonds. The second-order valence-corrected chi connectivity index (χ2v) is 9.85. The summed E-state index contributed by atoms with van der Waals surface area (Å²) in [6.45, 7) is 7.19. The molecule has 1 aliphatic heterocycles. The lowest BCUT2D eigenvalue weighted by molar-refractivity contribution is 0.186. The first-order chi connectivity index (χ1) is 12.7. The number of hydrogen-bond donors (Lipinski definition) is 0. The summed E-state index contributed by atoms with van der Waals surface area (Å²) < 4.78 is 16.5. The molecule has 0 spiro atoms. The molecule has 1 aliphatic rings. The van der Waals surface area contributed by atoms with E-state index in [-0.39, 0.29) is 0 Å². The van der Waals surface area contributed by atoms with Crippen LogP contribution in [0.25, 0.3) is 0 Å². The van der Waals surface area contributed by atoms with Gasteiger partial charge in [0, 0.05) is 36.8 Å². The summed E-state index contributed by atoms with van der Waals surface area (Å²) in [5, 5.41) is 1.89. The van der Waals surface area contributed by atoms with Crippen LogP contribution in [0.4, 0.5) is 0 Å². The fourth-order valence-corrected chi connectivity index (χ4v) is 6.59. The molecular weight excluding hydrogens is 339 g/mol. The van der Waals surface area contributed by atoms with Gasteiger partial charge in [-0.3, -0.25) is 4.57 Å². The van der Waals surface area contributed by atoms with Crippen LogP contribution in [0.5, 0.6) is 0 Å². The number of hydrogen-bond acceptors (Lipinski definition) is 2. The van der Waals surface area contributed by atoms with Crippen molar-refractivity contribution in [2.24, 2.45) is 0 Å². The standard InChI is InChI=1S/C22H31N2OP/c1-2-3-4-11-16-23-17-19-24(20-18-23)26(25,21-12-7-5-8-13-21)22-14-9-6-10-15-22/h5-10,12-15H,2-4,11,16-20H2,1H3. The van der Waals surface area contributed by atoms with Gasteiger partial charge >= 0.3 is 0 Å². The van der Waals surface area contributed by atoms with Crippen molar-refractivity contribution in [3.05, 3.63) is 60.7 Å². The molecule has 4 heteroatoms. The second kappa shape index (κ2) is 9.50. The normalized spacial score (nSPS) is 16.7. The van der Waals surface area contributed by atoms with Gasteiger partial charge in [0.05, 0.1) is 0 Å². The predicted molar refractivity (Wildman–Crippen MR) is 112 cm³/mol. The van der Waals surface area contributed by atoms with Crippen LogP contribution in [-0.2, 0) is 4.57 Å². The van der Waals surface area contributed by atoms with E-state index in [0.717, 1.165) is 36.8 Å². The van der Waals surface area contributed by atoms with Crippen LogP contribution < -0.4 is 10.6 Å². The first-order valence-electron chi connectivity index (χ1n) is 9.94. The van der Waals surface area contributed by atoms with E-state index in [2.05, 4.69) is 16.5 Å². The van der Waals surface area contributed by atoms with Crippen LogP contribution in [0.2, 0.25) is 0 Å². The third-order valence-electron chi connectivity index (χ3n) is 5.29. The van der Waals surface area contributed by atoms with Gasteiger partial charge in [-0.2, -0.15) is 0 Å². The number of benzene rings is 2. The van der Waals surface area contributed by atoms with Crippen LogP contribution in [0.3, 0.4) is 0 Å². The minimum absolute atomic E-state index is 0.870. The Morgan fingerprint density at radius 1 is 0.769 bits per heavy atom. The SMILES string of the molecule is CCCCCCN1CCN(P(=O)(c2ccccc2)c2ccccc2)CC1. The third-order valence-corrected chi connectivity index (χ3v) is 8.48. The number of unbranched alkanes of at least 4 members (excludes halogenated alkanes) is 3. The van der Waals surface area contributed by atoms with E-state index < -0.39 is 7.29 Å². The summed E-state index contributed by atoms with van der Waals surface area (Å²) in [5.41, 5.74) is 0. The Morgan fingerprint density at radius 2 is 1.31 bits per heavy atom. The molecule has 0 unspecified atom stereocenters. The minimum atomic E-state index is -2.76. The average Bonchev–Trinajstić information content (AvgIpc) is 2.72. The Bertz CT molecular complexity index is 653. The van der Waals surface area contributed by atoms with E-state index in [1.807, 2.05) is 60.7 Å². The van der Waals surface area contributed by atoms with Crippen LogP contribution in [0, 0.1) is 0 Å². The average molecular weight is 370 g/mol. The van der Waals surface area contributed by atoms with Gasteiger partial charge in [-0.15, -0.1) is 0 Å². The smallest absolute Gasteiger partial charge is 0.207 e. The molecule has 0 aromatic heterocycles. The zero-order chi connectivity index (χ0) is 18.2. The van der Waals surface area contributed by atoms with E-state index in [1.54, 1.807) is 0 Å². The molecule has 1 fully saturated rings. The molecule has 140 valence electrons. The Hall–Kier alpha value is -1.41. The van der Waals surface area contributed by atoms with Crippen molar-refractivity contribution in [2.45, 2.75) is 32.6 Å². The highest BCUT2D eigenvalue weighted by Crippen LogP contribution is 2.47. The van der Waals surface area contributed by atoms with Crippen molar-refractivity contribution < 1.29 is 4.57 Å². The summed E-state index contributed by atoms with van der Waals surface area (Å²) in [6.07, 6.45) is 5.22. The third kappa shape index (κ3) is 4.46. The Kier molecular flexibility index (Phi) is 7.07. The summed E-state index contributed by atoms with van der Waals surface area (Å²) in [4.78, 5) is 2.53. The van der Waals surface area contributed by atoms with E-state index in [9.17, 15) is 4.57 Å². The molecule has 2 aromatic rings. The fraction of sp³-hybridized carbons (Fsp3) is 0.455. The molecule has 1 heterocycles. The van der Waals surface area contributed by atoms with E-state index in [4.69, 9.17) is 0 Å². The summed E-state index contributed by atoms with van der Waals surface area (Å²) in [5.74, 6) is 0. The molecule has 0 radical (unpaired) electrons. The Labute approximate surface area is 158 Å². The maximum Gasteiger partial charge on any atom is 0.207 e. The van der Waals surface area contributed by atoms with Gasteiger partial charge in [0.25, 0.3) is 0 Å². The van der Waals surface area contributed by atoms with E-state index in [0.29, 0.717) is 0 Å². The number of piperazine rings is 1. The highest BCUT2D eigenvalue weighted by Gasteiger charge is 2.36. The molecule has 1 saturated heterocycles. The maximum absolute atomic E-state index is 14.3. The Balaban J connectivity index is 1.73.